The third-order valence-corrected chi connectivity index (χ3v) is 2.07. The van der Waals surface area contributed by atoms with E-state index in [9.17, 15) is 9.90 Å². The van der Waals surface area contributed by atoms with Crippen LogP contribution in [0.2, 0.25) is 0 Å². The summed E-state index contributed by atoms with van der Waals surface area (Å²) < 4.78 is 4.93. The van der Waals surface area contributed by atoms with Crippen molar-refractivity contribution in [2.45, 2.75) is 51.6 Å². The van der Waals surface area contributed by atoms with Gasteiger partial charge in [0.25, 0.3) is 0 Å². The van der Waals surface area contributed by atoms with Gasteiger partial charge in [-0.25, -0.2) is 0 Å². The summed E-state index contributed by atoms with van der Waals surface area (Å²) in [6.07, 6.45) is 5.72. The van der Waals surface area contributed by atoms with Crippen molar-refractivity contribution in [2.24, 2.45) is 0 Å². The Labute approximate surface area is 92.1 Å². The fraction of sp³-hybridized carbons (Fsp3) is 0.750. The van der Waals surface area contributed by atoms with Crippen molar-refractivity contribution in [3.8, 4) is 0 Å². The molecule has 0 aliphatic heterocycles. The van der Waals surface area contributed by atoms with E-state index in [1.807, 2.05) is 6.92 Å². The highest BCUT2D eigenvalue weighted by molar-refractivity contribution is 5.69. The van der Waals surface area contributed by atoms with Crippen LogP contribution in [-0.2, 0) is 9.53 Å². The highest BCUT2D eigenvalue weighted by atomic mass is 16.5. The maximum atomic E-state index is 11.1. The first kappa shape index (κ1) is 14.2. The third kappa shape index (κ3) is 9.47. The second kappa shape index (κ2) is 9.71. The molecule has 88 valence electrons. The number of ether oxygens (including phenoxy) is 1. The summed E-state index contributed by atoms with van der Waals surface area (Å²) in [5.74, 6) is -0.130. The highest BCUT2D eigenvalue weighted by Gasteiger charge is 2.04. The summed E-state index contributed by atoms with van der Waals surface area (Å²) in [6, 6.07) is 0. The Bertz CT molecular complexity index is 178. The van der Waals surface area contributed by atoms with E-state index >= 15 is 0 Å². The molecule has 1 unspecified atom stereocenters. The monoisotopic (exact) mass is 214 g/mol. The molecule has 0 bridgehead atoms. The lowest BCUT2D eigenvalue weighted by molar-refractivity contribution is -0.143. The molecule has 0 aromatic carbocycles. The van der Waals surface area contributed by atoms with Crippen LogP contribution in [0.25, 0.3) is 0 Å². The second-order valence-electron chi connectivity index (χ2n) is 3.64. The molecule has 1 atom stereocenters. The van der Waals surface area contributed by atoms with E-state index in [4.69, 9.17) is 4.74 Å². The van der Waals surface area contributed by atoms with E-state index in [0.717, 1.165) is 25.7 Å². The minimum Gasteiger partial charge on any atom is -0.466 e. The molecule has 0 rings (SSSR count). The number of hydrogen-bond acceptors (Lipinski definition) is 3. The standard InChI is InChI=1S/C12H22O3/c1-3-7-11(13)8-5-6-9-12(14)15-10-4-2/h3,11,13H,1,4-10H2,2H3. The van der Waals surface area contributed by atoms with E-state index in [1.165, 1.54) is 0 Å². The lowest BCUT2D eigenvalue weighted by Gasteiger charge is -2.07. The van der Waals surface area contributed by atoms with Crippen LogP contribution >= 0.6 is 0 Å². The molecule has 0 spiro atoms. The minimum absolute atomic E-state index is 0.130. The smallest absolute Gasteiger partial charge is 0.305 e. The van der Waals surface area contributed by atoms with Crippen LogP contribution in [0.3, 0.4) is 0 Å². The Hall–Kier alpha value is -0.830. The number of carbonyl (C=O) groups is 1. The van der Waals surface area contributed by atoms with Crippen LogP contribution in [0.15, 0.2) is 12.7 Å². The quantitative estimate of drug-likeness (QED) is 0.364. The van der Waals surface area contributed by atoms with Gasteiger partial charge in [-0.15, -0.1) is 6.58 Å². The Balaban J connectivity index is 3.29. The molecule has 0 heterocycles. The Morgan fingerprint density at radius 1 is 1.53 bits per heavy atom. The van der Waals surface area contributed by atoms with Crippen molar-refractivity contribution in [3.05, 3.63) is 12.7 Å². The van der Waals surface area contributed by atoms with E-state index in [-0.39, 0.29) is 12.1 Å². The van der Waals surface area contributed by atoms with Crippen molar-refractivity contribution >= 4 is 5.97 Å². The molecule has 0 fully saturated rings. The zero-order chi connectivity index (χ0) is 11.5. The average Bonchev–Trinajstić information content (AvgIpc) is 2.22. The number of aliphatic hydroxyl groups is 1. The fourth-order valence-electron chi connectivity index (χ4n) is 1.25. The number of unbranched alkanes of at least 4 members (excludes halogenated alkanes) is 1. The average molecular weight is 214 g/mol. The van der Waals surface area contributed by atoms with Crippen LogP contribution in [0, 0.1) is 0 Å². The van der Waals surface area contributed by atoms with Gasteiger partial charge in [-0.3, -0.25) is 4.79 Å². The molecule has 3 heteroatoms. The molecule has 0 amide bonds. The third-order valence-electron chi connectivity index (χ3n) is 2.07. The number of hydrogen-bond donors (Lipinski definition) is 1. The molecule has 0 saturated carbocycles. The van der Waals surface area contributed by atoms with Gasteiger partial charge in [-0.2, -0.15) is 0 Å². The summed E-state index contributed by atoms with van der Waals surface area (Å²) in [7, 11) is 0. The van der Waals surface area contributed by atoms with E-state index in [1.54, 1.807) is 6.08 Å². The van der Waals surface area contributed by atoms with E-state index in [2.05, 4.69) is 6.58 Å². The first-order valence-corrected chi connectivity index (χ1v) is 5.65. The van der Waals surface area contributed by atoms with Gasteiger partial charge in [0.05, 0.1) is 12.7 Å². The predicted octanol–water partition coefficient (Wildman–Crippen LogP) is 2.44. The van der Waals surface area contributed by atoms with Gasteiger partial charge in [-0.1, -0.05) is 19.4 Å². The maximum Gasteiger partial charge on any atom is 0.305 e. The molecule has 0 aromatic heterocycles. The zero-order valence-corrected chi connectivity index (χ0v) is 9.58. The summed E-state index contributed by atoms with van der Waals surface area (Å²) in [4.78, 5) is 11.1. The van der Waals surface area contributed by atoms with Crippen molar-refractivity contribution in [3.63, 3.8) is 0 Å². The molecule has 0 radical (unpaired) electrons. The van der Waals surface area contributed by atoms with Crippen molar-refractivity contribution in [2.75, 3.05) is 6.61 Å². The largest absolute Gasteiger partial charge is 0.466 e. The van der Waals surface area contributed by atoms with Crippen LogP contribution in [0.5, 0.6) is 0 Å². The molecule has 15 heavy (non-hydrogen) atoms. The van der Waals surface area contributed by atoms with Gasteiger partial charge < -0.3 is 9.84 Å². The Kier molecular flexibility index (Phi) is 9.18. The van der Waals surface area contributed by atoms with Crippen LogP contribution in [0.1, 0.15) is 45.4 Å². The van der Waals surface area contributed by atoms with Crippen molar-refractivity contribution in [1.29, 1.82) is 0 Å². The lowest BCUT2D eigenvalue weighted by atomic mass is 10.1. The summed E-state index contributed by atoms with van der Waals surface area (Å²) in [5, 5.41) is 9.37. The minimum atomic E-state index is -0.311. The molecule has 0 aliphatic rings. The van der Waals surface area contributed by atoms with Crippen LogP contribution in [0.4, 0.5) is 0 Å². The van der Waals surface area contributed by atoms with Gasteiger partial charge >= 0.3 is 5.97 Å². The van der Waals surface area contributed by atoms with Gasteiger partial charge in [0.2, 0.25) is 0 Å². The predicted molar refractivity (Wildman–Crippen MR) is 60.5 cm³/mol. The van der Waals surface area contributed by atoms with Gasteiger partial charge in [0.15, 0.2) is 0 Å². The van der Waals surface area contributed by atoms with Crippen molar-refractivity contribution < 1.29 is 14.6 Å². The Morgan fingerprint density at radius 2 is 2.27 bits per heavy atom. The lowest BCUT2D eigenvalue weighted by Crippen LogP contribution is -2.07. The molecular formula is C12H22O3. The number of rotatable bonds is 9. The van der Waals surface area contributed by atoms with Crippen molar-refractivity contribution in [1.82, 2.24) is 0 Å². The summed E-state index contributed by atoms with van der Waals surface area (Å²) >= 11 is 0. The normalized spacial score (nSPS) is 12.1. The van der Waals surface area contributed by atoms with Gasteiger partial charge in [0, 0.05) is 6.42 Å². The topological polar surface area (TPSA) is 46.5 Å². The van der Waals surface area contributed by atoms with E-state index in [0.29, 0.717) is 19.4 Å². The first-order valence-electron chi connectivity index (χ1n) is 5.65. The molecule has 0 aliphatic carbocycles. The second-order valence-corrected chi connectivity index (χ2v) is 3.64. The molecule has 0 saturated heterocycles. The summed E-state index contributed by atoms with van der Waals surface area (Å²) in [5.41, 5.74) is 0. The molecule has 0 aromatic rings. The van der Waals surface area contributed by atoms with E-state index < -0.39 is 0 Å². The molecular weight excluding hydrogens is 192 g/mol. The van der Waals surface area contributed by atoms with Crippen LogP contribution in [-0.4, -0.2) is 23.8 Å². The molecule has 3 nitrogen and oxygen atoms in total. The van der Waals surface area contributed by atoms with Crippen LogP contribution < -0.4 is 0 Å². The maximum absolute atomic E-state index is 11.1. The fourth-order valence-corrected chi connectivity index (χ4v) is 1.25. The number of carbonyl (C=O) groups excluding carboxylic acids is 1. The highest BCUT2D eigenvalue weighted by Crippen LogP contribution is 2.07. The van der Waals surface area contributed by atoms with Gasteiger partial charge in [0.1, 0.15) is 0 Å². The SMILES string of the molecule is C=CCC(O)CCCCC(=O)OCCC. The molecule has 1 N–H and O–H groups in total. The number of esters is 1. The first-order chi connectivity index (χ1) is 7.20. The van der Waals surface area contributed by atoms with Gasteiger partial charge in [-0.05, 0) is 25.7 Å². The zero-order valence-electron chi connectivity index (χ0n) is 9.58. The Morgan fingerprint density at radius 3 is 2.87 bits per heavy atom. The number of aliphatic hydroxyl groups excluding tert-OH is 1. The summed E-state index contributed by atoms with van der Waals surface area (Å²) in [6.45, 7) is 6.04.